The van der Waals surface area contributed by atoms with Crippen molar-refractivity contribution in [3.05, 3.63) is 24.4 Å². The van der Waals surface area contributed by atoms with Gasteiger partial charge in [0.2, 0.25) is 0 Å². The molecule has 0 fully saturated rings. The minimum atomic E-state index is 0.0417. The van der Waals surface area contributed by atoms with Crippen LogP contribution in [0, 0.1) is 5.41 Å². The fourth-order valence-electron chi connectivity index (χ4n) is 1.14. The topological polar surface area (TPSA) is 38.4 Å². The van der Waals surface area contributed by atoms with Crippen LogP contribution in [0.5, 0.6) is 0 Å². The van der Waals surface area contributed by atoms with Gasteiger partial charge in [-0.25, -0.2) is 4.99 Å². The smallest absolute Gasteiger partial charge is 0.113 e. The van der Waals surface area contributed by atoms with Crippen molar-refractivity contribution in [3.63, 3.8) is 0 Å². The van der Waals surface area contributed by atoms with Crippen LogP contribution in [-0.2, 0) is 0 Å². The number of hydrogen-bond donors (Lipinski definition) is 1. The second-order valence-corrected chi connectivity index (χ2v) is 2.48. The van der Waals surface area contributed by atoms with E-state index in [1.54, 1.807) is 6.20 Å². The van der Waals surface area contributed by atoms with Crippen LogP contribution in [0.25, 0.3) is 0 Å². The Hall–Kier alpha value is -1.05. The maximum absolute atomic E-state index is 5.61. The number of allylic oxidation sites excluding steroid dienone is 1. The van der Waals surface area contributed by atoms with Gasteiger partial charge in [-0.1, -0.05) is 12.2 Å². The summed E-state index contributed by atoms with van der Waals surface area (Å²) in [6, 6.07) is 0. The largest absolute Gasteiger partial charge is 0.386 e. The number of rotatable bonds is 0. The van der Waals surface area contributed by atoms with Crippen LogP contribution in [0.15, 0.2) is 29.4 Å². The maximum Gasteiger partial charge on any atom is 0.113 e. The summed E-state index contributed by atoms with van der Waals surface area (Å²) in [7, 11) is 0. The van der Waals surface area contributed by atoms with Gasteiger partial charge >= 0.3 is 0 Å². The highest BCUT2D eigenvalue weighted by atomic mass is 14.9. The van der Waals surface area contributed by atoms with E-state index in [0.717, 1.165) is 12.3 Å². The van der Waals surface area contributed by atoms with E-state index in [1.807, 2.05) is 6.08 Å². The van der Waals surface area contributed by atoms with Crippen LogP contribution in [0.2, 0.25) is 0 Å². The van der Waals surface area contributed by atoms with Crippen LogP contribution in [0.3, 0.4) is 0 Å². The van der Waals surface area contributed by atoms with Crippen LogP contribution < -0.4 is 5.73 Å². The minimum Gasteiger partial charge on any atom is -0.386 e. The van der Waals surface area contributed by atoms with E-state index in [-0.39, 0.29) is 5.41 Å². The molecule has 1 aliphatic heterocycles. The third-order valence-corrected chi connectivity index (χ3v) is 1.93. The fraction of sp³-hybridized carbons (Fsp3) is 0.286. The highest BCUT2D eigenvalue weighted by molar-refractivity contribution is 5.94. The number of amidine groups is 1. The van der Waals surface area contributed by atoms with Gasteiger partial charge in [0.15, 0.2) is 0 Å². The lowest BCUT2D eigenvalue weighted by Crippen LogP contribution is -2.34. The van der Waals surface area contributed by atoms with Crippen molar-refractivity contribution in [1.82, 2.24) is 0 Å². The normalized spacial score (nSPS) is 37.1. The van der Waals surface area contributed by atoms with Crippen LogP contribution in [-0.4, -0.2) is 5.84 Å². The Kier molecular flexibility index (Phi) is 0.673. The second kappa shape index (κ2) is 1.26. The zero-order valence-corrected chi connectivity index (χ0v) is 5.04. The van der Waals surface area contributed by atoms with E-state index in [9.17, 15) is 0 Å². The van der Waals surface area contributed by atoms with Gasteiger partial charge in [0.1, 0.15) is 5.84 Å². The number of hydrogen-bond acceptors (Lipinski definition) is 2. The lowest BCUT2D eigenvalue weighted by molar-refractivity contribution is 0.632. The average Bonchev–Trinajstić information content (AvgIpc) is 2.07. The number of nitrogens with zero attached hydrogens (tertiary/aromatic N) is 1. The molecule has 0 saturated heterocycles. The highest BCUT2D eigenvalue weighted by Gasteiger charge is 2.34. The molecule has 1 unspecified atom stereocenters. The molecule has 0 aromatic carbocycles. The highest BCUT2D eigenvalue weighted by Crippen LogP contribution is 2.37. The predicted octanol–water partition coefficient (Wildman–Crippen LogP) is 0.817. The van der Waals surface area contributed by atoms with Gasteiger partial charge < -0.3 is 5.73 Å². The Labute approximate surface area is 53.8 Å². The molecule has 0 amide bonds. The molecule has 2 nitrogen and oxygen atoms in total. The van der Waals surface area contributed by atoms with Crippen molar-refractivity contribution in [3.8, 4) is 0 Å². The summed E-state index contributed by atoms with van der Waals surface area (Å²) in [5.41, 5.74) is 5.65. The van der Waals surface area contributed by atoms with Gasteiger partial charge in [0, 0.05) is 6.20 Å². The molecule has 2 aliphatic rings. The molecule has 1 spiro atoms. The summed E-state index contributed by atoms with van der Waals surface area (Å²) < 4.78 is 0. The Morgan fingerprint density at radius 1 is 1.56 bits per heavy atom. The van der Waals surface area contributed by atoms with Crippen molar-refractivity contribution in [2.75, 3.05) is 0 Å². The number of aliphatic imine (C=N–C) groups is 1. The molecule has 1 atom stereocenters. The molecule has 0 saturated carbocycles. The Morgan fingerprint density at radius 3 is 2.56 bits per heavy atom. The molecule has 2 N–H and O–H groups in total. The van der Waals surface area contributed by atoms with E-state index < -0.39 is 0 Å². The molecule has 1 aliphatic carbocycles. The van der Waals surface area contributed by atoms with Crippen molar-refractivity contribution in [2.45, 2.75) is 6.42 Å². The molecule has 2 heteroatoms. The van der Waals surface area contributed by atoms with E-state index in [2.05, 4.69) is 17.1 Å². The molecule has 0 aromatic heterocycles. The molecule has 0 bridgehead atoms. The Morgan fingerprint density at radius 2 is 2.33 bits per heavy atom. The first-order chi connectivity index (χ1) is 4.33. The minimum absolute atomic E-state index is 0.0417. The molecule has 0 aromatic rings. The van der Waals surface area contributed by atoms with Gasteiger partial charge in [0.05, 0.1) is 5.41 Å². The summed E-state index contributed by atoms with van der Waals surface area (Å²) in [4.78, 5) is 3.97. The van der Waals surface area contributed by atoms with Crippen molar-refractivity contribution in [2.24, 2.45) is 16.1 Å². The second-order valence-electron chi connectivity index (χ2n) is 2.48. The van der Waals surface area contributed by atoms with Crippen LogP contribution in [0.1, 0.15) is 6.42 Å². The van der Waals surface area contributed by atoms with Crippen molar-refractivity contribution >= 4 is 5.84 Å². The van der Waals surface area contributed by atoms with Gasteiger partial charge in [0.25, 0.3) is 0 Å². The molecular weight excluding hydrogens is 112 g/mol. The summed E-state index contributed by atoms with van der Waals surface area (Å²) in [6.45, 7) is 0. The van der Waals surface area contributed by atoms with Gasteiger partial charge in [-0.3, -0.25) is 0 Å². The third kappa shape index (κ3) is 0.428. The predicted molar refractivity (Wildman–Crippen MR) is 37.0 cm³/mol. The first-order valence-corrected chi connectivity index (χ1v) is 3.03. The maximum atomic E-state index is 5.61. The molecule has 2 rings (SSSR count). The van der Waals surface area contributed by atoms with E-state index in [1.165, 1.54) is 0 Å². The van der Waals surface area contributed by atoms with Crippen LogP contribution in [0.4, 0.5) is 0 Å². The van der Waals surface area contributed by atoms with Gasteiger partial charge in [-0.15, -0.1) is 0 Å². The lowest BCUT2D eigenvalue weighted by Gasteiger charge is -2.28. The Bertz CT molecular complexity index is 225. The van der Waals surface area contributed by atoms with Crippen molar-refractivity contribution < 1.29 is 0 Å². The average molecular weight is 120 g/mol. The van der Waals surface area contributed by atoms with E-state index in [4.69, 9.17) is 5.73 Å². The summed E-state index contributed by atoms with van der Waals surface area (Å²) in [6.07, 6.45) is 9.05. The summed E-state index contributed by atoms with van der Waals surface area (Å²) in [5.74, 6) is 0.741. The fourth-order valence-corrected chi connectivity index (χ4v) is 1.14. The SMILES string of the molecule is NC1=NC=CC12C=CC2. The number of nitrogens with two attached hydrogens (primary N) is 1. The third-order valence-electron chi connectivity index (χ3n) is 1.93. The lowest BCUT2D eigenvalue weighted by atomic mass is 9.76. The molecule has 9 heavy (non-hydrogen) atoms. The standard InChI is InChI=1S/C7H8N2/c8-6-7(2-1-3-7)4-5-9-6/h1-2,4-5H,3H2,(H2,8,9). The van der Waals surface area contributed by atoms with E-state index >= 15 is 0 Å². The Balaban J connectivity index is 2.42. The summed E-state index contributed by atoms with van der Waals surface area (Å²) in [5, 5.41) is 0. The van der Waals surface area contributed by atoms with Crippen LogP contribution >= 0.6 is 0 Å². The van der Waals surface area contributed by atoms with Gasteiger partial charge in [-0.2, -0.15) is 0 Å². The first-order valence-electron chi connectivity index (χ1n) is 3.03. The van der Waals surface area contributed by atoms with Crippen molar-refractivity contribution in [1.29, 1.82) is 0 Å². The summed E-state index contributed by atoms with van der Waals surface area (Å²) >= 11 is 0. The molecular formula is C7H8N2. The monoisotopic (exact) mass is 120 g/mol. The quantitative estimate of drug-likeness (QED) is 0.472. The first kappa shape index (κ1) is 4.79. The molecule has 0 radical (unpaired) electrons. The van der Waals surface area contributed by atoms with Gasteiger partial charge in [-0.05, 0) is 12.5 Å². The zero-order valence-electron chi connectivity index (χ0n) is 5.04. The zero-order chi connectivity index (χ0) is 6.32. The molecule has 1 heterocycles. The van der Waals surface area contributed by atoms with E-state index in [0.29, 0.717) is 0 Å². The molecule has 46 valence electrons.